The zero-order valence-electron chi connectivity index (χ0n) is 10.0. The standard InChI is InChI=1S/C14H25N/c1-2-10-4-3-7-14(9-10)12-6-5-11(8-12)13(14)15/h10-13H,2-9,15H2,1H3/t10-,11?,12-,13-,14+/m0/s1. The molecule has 0 amide bonds. The molecule has 0 heterocycles. The van der Waals surface area contributed by atoms with Crippen LogP contribution in [0.4, 0.5) is 0 Å². The lowest BCUT2D eigenvalue weighted by Gasteiger charge is -2.47. The molecule has 2 N–H and O–H groups in total. The molecule has 3 saturated carbocycles. The largest absolute Gasteiger partial charge is 0.327 e. The van der Waals surface area contributed by atoms with Crippen molar-refractivity contribution in [3.63, 3.8) is 0 Å². The topological polar surface area (TPSA) is 26.0 Å². The van der Waals surface area contributed by atoms with Gasteiger partial charge in [0, 0.05) is 6.04 Å². The predicted molar refractivity (Wildman–Crippen MR) is 63.5 cm³/mol. The Hall–Kier alpha value is -0.0400. The molecular weight excluding hydrogens is 182 g/mol. The Morgan fingerprint density at radius 3 is 2.80 bits per heavy atom. The predicted octanol–water partition coefficient (Wildman–Crippen LogP) is 3.33. The van der Waals surface area contributed by atoms with Crippen LogP contribution in [0.25, 0.3) is 0 Å². The van der Waals surface area contributed by atoms with Crippen molar-refractivity contribution in [2.75, 3.05) is 0 Å². The van der Waals surface area contributed by atoms with Crippen molar-refractivity contribution in [2.45, 2.75) is 64.3 Å². The van der Waals surface area contributed by atoms with Gasteiger partial charge in [0.2, 0.25) is 0 Å². The maximum Gasteiger partial charge on any atom is 0.0127 e. The lowest BCUT2D eigenvalue weighted by atomic mass is 9.59. The smallest absolute Gasteiger partial charge is 0.0127 e. The summed E-state index contributed by atoms with van der Waals surface area (Å²) in [5.74, 6) is 2.89. The van der Waals surface area contributed by atoms with Gasteiger partial charge in [-0.05, 0) is 55.3 Å². The van der Waals surface area contributed by atoms with Gasteiger partial charge in [0.1, 0.15) is 0 Å². The minimum atomic E-state index is 0.561. The number of fused-ring (bicyclic) bond motifs is 3. The monoisotopic (exact) mass is 207 g/mol. The molecule has 15 heavy (non-hydrogen) atoms. The Morgan fingerprint density at radius 1 is 1.27 bits per heavy atom. The van der Waals surface area contributed by atoms with Gasteiger partial charge in [0.05, 0.1) is 0 Å². The molecule has 0 radical (unpaired) electrons. The third kappa shape index (κ3) is 1.32. The first-order valence-electron chi connectivity index (χ1n) is 7.02. The fourth-order valence-corrected chi connectivity index (χ4v) is 5.09. The summed E-state index contributed by atoms with van der Waals surface area (Å²) in [6.45, 7) is 2.36. The van der Waals surface area contributed by atoms with E-state index in [-0.39, 0.29) is 0 Å². The van der Waals surface area contributed by atoms with Gasteiger partial charge in [-0.3, -0.25) is 0 Å². The average molecular weight is 207 g/mol. The van der Waals surface area contributed by atoms with Crippen LogP contribution in [0.2, 0.25) is 0 Å². The van der Waals surface area contributed by atoms with Crippen molar-refractivity contribution in [1.29, 1.82) is 0 Å². The average Bonchev–Trinajstić information content (AvgIpc) is 2.84. The molecule has 2 bridgehead atoms. The Labute approximate surface area is 93.8 Å². The SMILES string of the molecule is CC[C@H]1CCC[C@@]2(C1)[C@H]1CCC(C1)[C@@H]2N. The molecule has 1 unspecified atom stereocenters. The van der Waals surface area contributed by atoms with Gasteiger partial charge < -0.3 is 5.73 Å². The van der Waals surface area contributed by atoms with Gasteiger partial charge in [0.15, 0.2) is 0 Å². The highest BCUT2D eigenvalue weighted by atomic mass is 14.8. The van der Waals surface area contributed by atoms with E-state index in [0.717, 1.165) is 17.8 Å². The van der Waals surface area contributed by atoms with Crippen LogP contribution in [0.3, 0.4) is 0 Å². The first-order chi connectivity index (χ1) is 7.26. The third-order valence-corrected chi connectivity index (χ3v) is 5.96. The summed E-state index contributed by atoms with van der Waals surface area (Å²) in [6, 6.07) is 0.561. The van der Waals surface area contributed by atoms with Crippen LogP contribution in [-0.2, 0) is 0 Å². The van der Waals surface area contributed by atoms with Crippen LogP contribution in [0, 0.1) is 23.2 Å². The lowest BCUT2D eigenvalue weighted by molar-refractivity contribution is 0.0471. The zero-order valence-corrected chi connectivity index (χ0v) is 10.0. The van der Waals surface area contributed by atoms with Crippen molar-refractivity contribution >= 4 is 0 Å². The summed E-state index contributed by atoms with van der Waals surface area (Å²) in [6.07, 6.45) is 11.6. The normalized spacial score (nSPS) is 54.0. The molecule has 1 nitrogen and oxygen atoms in total. The van der Waals surface area contributed by atoms with E-state index in [4.69, 9.17) is 5.73 Å². The molecule has 1 spiro atoms. The summed E-state index contributed by atoms with van der Waals surface area (Å²) < 4.78 is 0. The van der Waals surface area contributed by atoms with Gasteiger partial charge >= 0.3 is 0 Å². The van der Waals surface area contributed by atoms with Gasteiger partial charge in [0.25, 0.3) is 0 Å². The molecule has 0 aromatic rings. The molecule has 0 aromatic carbocycles. The molecule has 0 saturated heterocycles. The van der Waals surface area contributed by atoms with Crippen molar-refractivity contribution in [2.24, 2.45) is 28.9 Å². The second kappa shape index (κ2) is 3.48. The first kappa shape index (κ1) is 10.1. The molecule has 3 aliphatic carbocycles. The van der Waals surface area contributed by atoms with Crippen LogP contribution < -0.4 is 5.73 Å². The van der Waals surface area contributed by atoms with E-state index in [1.54, 1.807) is 0 Å². The number of nitrogens with two attached hydrogens (primary N) is 1. The van der Waals surface area contributed by atoms with Crippen molar-refractivity contribution in [3.05, 3.63) is 0 Å². The summed E-state index contributed by atoms with van der Waals surface area (Å²) >= 11 is 0. The van der Waals surface area contributed by atoms with Crippen LogP contribution in [0.1, 0.15) is 58.3 Å². The molecule has 3 aliphatic rings. The Bertz CT molecular complexity index is 246. The van der Waals surface area contributed by atoms with Crippen LogP contribution in [0.15, 0.2) is 0 Å². The summed E-state index contributed by atoms with van der Waals surface area (Å²) in [7, 11) is 0. The number of hydrogen-bond donors (Lipinski definition) is 1. The van der Waals surface area contributed by atoms with E-state index in [9.17, 15) is 0 Å². The maximum absolute atomic E-state index is 6.55. The molecule has 1 heteroatoms. The van der Waals surface area contributed by atoms with E-state index >= 15 is 0 Å². The quantitative estimate of drug-likeness (QED) is 0.701. The maximum atomic E-state index is 6.55. The Kier molecular flexibility index (Phi) is 2.35. The van der Waals surface area contributed by atoms with Crippen LogP contribution in [0.5, 0.6) is 0 Å². The second-order valence-corrected chi connectivity index (χ2v) is 6.40. The highest BCUT2D eigenvalue weighted by molar-refractivity contribution is 5.09. The van der Waals surface area contributed by atoms with Gasteiger partial charge in [-0.15, -0.1) is 0 Å². The summed E-state index contributed by atoms with van der Waals surface area (Å²) in [5, 5.41) is 0. The van der Waals surface area contributed by atoms with Gasteiger partial charge in [-0.25, -0.2) is 0 Å². The highest BCUT2D eigenvalue weighted by Crippen LogP contribution is 2.61. The molecule has 0 aliphatic heterocycles. The molecule has 0 aromatic heterocycles. The first-order valence-corrected chi connectivity index (χ1v) is 7.02. The number of hydrogen-bond acceptors (Lipinski definition) is 1. The van der Waals surface area contributed by atoms with E-state index in [2.05, 4.69) is 6.92 Å². The molecule has 5 atom stereocenters. The zero-order chi connectivity index (χ0) is 10.5. The van der Waals surface area contributed by atoms with Crippen LogP contribution >= 0.6 is 0 Å². The fourth-order valence-electron chi connectivity index (χ4n) is 5.09. The minimum Gasteiger partial charge on any atom is -0.327 e. The minimum absolute atomic E-state index is 0.561. The van der Waals surface area contributed by atoms with Crippen molar-refractivity contribution in [3.8, 4) is 0 Å². The highest BCUT2D eigenvalue weighted by Gasteiger charge is 2.57. The van der Waals surface area contributed by atoms with E-state index in [0.29, 0.717) is 11.5 Å². The second-order valence-electron chi connectivity index (χ2n) is 6.40. The number of rotatable bonds is 1. The van der Waals surface area contributed by atoms with Gasteiger partial charge in [-0.2, -0.15) is 0 Å². The fraction of sp³-hybridized carbons (Fsp3) is 1.00. The lowest BCUT2D eigenvalue weighted by Crippen LogP contribution is -2.48. The van der Waals surface area contributed by atoms with Crippen molar-refractivity contribution < 1.29 is 0 Å². The molecule has 3 rings (SSSR count). The summed E-state index contributed by atoms with van der Waals surface area (Å²) in [4.78, 5) is 0. The van der Waals surface area contributed by atoms with E-state index < -0.39 is 0 Å². The van der Waals surface area contributed by atoms with Gasteiger partial charge in [-0.1, -0.05) is 26.2 Å². The Balaban J connectivity index is 1.83. The van der Waals surface area contributed by atoms with E-state index in [1.807, 2.05) is 0 Å². The molecule has 86 valence electrons. The third-order valence-electron chi connectivity index (χ3n) is 5.96. The van der Waals surface area contributed by atoms with Crippen molar-refractivity contribution in [1.82, 2.24) is 0 Å². The summed E-state index contributed by atoms with van der Waals surface area (Å²) in [5.41, 5.74) is 7.15. The van der Waals surface area contributed by atoms with E-state index in [1.165, 1.54) is 51.4 Å². The molecular formula is C14H25N. The van der Waals surface area contributed by atoms with Crippen LogP contribution in [-0.4, -0.2) is 6.04 Å². The molecule has 3 fully saturated rings. The Morgan fingerprint density at radius 2 is 2.13 bits per heavy atom.